The van der Waals surface area contributed by atoms with Gasteiger partial charge in [0.2, 0.25) is 0 Å². The number of carboxylic acids is 2. The zero-order valence-electron chi connectivity index (χ0n) is 10.9. The predicted octanol–water partition coefficient (Wildman–Crippen LogP) is 1.39. The van der Waals surface area contributed by atoms with Crippen LogP contribution >= 0.6 is 0 Å². The van der Waals surface area contributed by atoms with Gasteiger partial charge < -0.3 is 19.7 Å². The number of carboxylic acid groups (broad SMARTS) is 2. The summed E-state index contributed by atoms with van der Waals surface area (Å²) in [5, 5.41) is 18.0. The van der Waals surface area contributed by atoms with Crippen molar-refractivity contribution in [3.05, 3.63) is 53.9 Å². The molecule has 2 rings (SSSR count). The van der Waals surface area contributed by atoms with Gasteiger partial charge in [-0.25, -0.2) is 9.59 Å². The molecule has 0 saturated heterocycles. The molecule has 1 unspecified atom stereocenters. The predicted molar refractivity (Wildman–Crippen MR) is 75.6 cm³/mol. The Morgan fingerprint density at radius 3 is 2.10 bits per heavy atom. The lowest BCUT2D eigenvalue weighted by Crippen LogP contribution is -2.26. The highest BCUT2D eigenvalue weighted by atomic mass is 32.2. The molecule has 0 amide bonds. The molecule has 0 fully saturated rings. The first kappa shape index (κ1) is 15.1. The van der Waals surface area contributed by atoms with Crippen LogP contribution in [0.5, 0.6) is 0 Å². The van der Waals surface area contributed by atoms with Gasteiger partial charge in [0.15, 0.2) is 10.8 Å². The number of aliphatic carboxylic acids is 2. The molecule has 7 heteroatoms. The Morgan fingerprint density at radius 2 is 1.62 bits per heavy atom. The van der Waals surface area contributed by atoms with Gasteiger partial charge in [0.25, 0.3) is 0 Å². The van der Waals surface area contributed by atoms with Gasteiger partial charge >= 0.3 is 11.9 Å². The van der Waals surface area contributed by atoms with Crippen LogP contribution in [0.25, 0.3) is 0 Å². The SMILES string of the molecule is O=C(O)C1=CN(C[S+]([O-])c2ccccc2)C=C(C(=O)O)C1. The third kappa shape index (κ3) is 3.87. The minimum Gasteiger partial charge on any atom is -0.610 e. The molecule has 0 aromatic heterocycles. The van der Waals surface area contributed by atoms with Crippen molar-refractivity contribution >= 4 is 23.1 Å². The lowest BCUT2D eigenvalue weighted by atomic mass is 10.0. The number of carbonyl (C=O) groups is 2. The van der Waals surface area contributed by atoms with E-state index in [1.54, 1.807) is 30.3 Å². The van der Waals surface area contributed by atoms with Crippen molar-refractivity contribution in [1.82, 2.24) is 4.90 Å². The third-order valence-corrected chi connectivity index (χ3v) is 4.18. The largest absolute Gasteiger partial charge is 0.610 e. The number of rotatable bonds is 5. The van der Waals surface area contributed by atoms with Crippen LogP contribution in [0.1, 0.15) is 6.42 Å². The molecular weight excluding hydrogens is 294 g/mol. The van der Waals surface area contributed by atoms with Gasteiger partial charge in [0.05, 0.1) is 11.1 Å². The Morgan fingerprint density at radius 1 is 1.10 bits per heavy atom. The van der Waals surface area contributed by atoms with Crippen LogP contribution in [-0.2, 0) is 20.8 Å². The van der Waals surface area contributed by atoms with Crippen molar-refractivity contribution in [2.75, 3.05) is 5.88 Å². The highest BCUT2D eigenvalue weighted by molar-refractivity contribution is 7.91. The average Bonchev–Trinajstić information content (AvgIpc) is 2.47. The topological polar surface area (TPSA) is 101 Å². The van der Waals surface area contributed by atoms with Gasteiger partial charge in [-0.05, 0) is 12.1 Å². The standard InChI is InChI=1S/C14H13NO5S/c16-13(17)10-6-11(14(18)19)8-15(7-10)9-21(20)12-4-2-1-3-5-12/h1-5,7-8H,6,9H2,(H,16,17)(H,18,19). The summed E-state index contributed by atoms with van der Waals surface area (Å²) in [6.07, 6.45) is 2.48. The van der Waals surface area contributed by atoms with Crippen LogP contribution in [0.15, 0.2) is 58.8 Å². The molecule has 1 aliphatic heterocycles. The summed E-state index contributed by atoms with van der Waals surface area (Å²) in [5.41, 5.74) is -0.0834. The van der Waals surface area contributed by atoms with Crippen LogP contribution in [0.3, 0.4) is 0 Å². The van der Waals surface area contributed by atoms with Crippen LogP contribution in [-0.4, -0.2) is 37.5 Å². The van der Waals surface area contributed by atoms with Crippen LogP contribution in [0, 0.1) is 0 Å². The molecule has 0 radical (unpaired) electrons. The molecule has 1 heterocycles. The molecule has 0 aliphatic carbocycles. The fraction of sp³-hybridized carbons (Fsp3) is 0.143. The normalized spacial score (nSPS) is 16.0. The van der Waals surface area contributed by atoms with E-state index in [1.807, 2.05) is 0 Å². The lowest BCUT2D eigenvalue weighted by Gasteiger charge is -2.23. The van der Waals surface area contributed by atoms with Crippen molar-refractivity contribution in [3.8, 4) is 0 Å². The molecule has 2 N–H and O–H groups in total. The number of hydrogen-bond donors (Lipinski definition) is 2. The molecule has 1 aromatic carbocycles. The summed E-state index contributed by atoms with van der Waals surface area (Å²) in [6, 6.07) is 8.70. The second-order valence-corrected chi connectivity index (χ2v) is 5.82. The monoisotopic (exact) mass is 307 g/mol. The van der Waals surface area contributed by atoms with E-state index in [0.29, 0.717) is 4.90 Å². The molecule has 0 spiro atoms. The first-order valence-corrected chi connectivity index (χ1v) is 7.36. The van der Waals surface area contributed by atoms with Crippen LogP contribution < -0.4 is 0 Å². The fourth-order valence-electron chi connectivity index (χ4n) is 1.85. The van der Waals surface area contributed by atoms with E-state index in [-0.39, 0.29) is 23.4 Å². The van der Waals surface area contributed by atoms with Crippen molar-refractivity contribution in [1.29, 1.82) is 0 Å². The second-order valence-electron chi connectivity index (χ2n) is 4.40. The number of hydrogen-bond acceptors (Lipinski definition) is 4. The highest BCUT2D eigenvalue weighted by Gasteiger charge is 2.24. The molecule has 0 bridgehead atoms. The fourth-order valence-corrected chi connectivity index (χ4v) is 2.88. The third-order valence-electron chi connectivity index (χ3n) is 2.85. The second kappa shape index (κ2) is 6.47. The van der Waals surface area contributed by atoms with E-state index in [4.69, 9.17) is 10.2 Å². The molecule has 1 aliphatic rings. The maximum atomic E-state index is 12.2. The molecule has 0 saturated carbocycles. The van der Waals surface area contributed by atoms with E-state index < -0.39 is 23.1 Å². The Balaban J connectivity index is 2.18. The molecule has 1 aromatic rings. The van der Waals surface area contributed by atoms with E-state index in [9.17, 15) is 14.1 Å². The van der Waals surface area contributed by atoms with Gasteiger partial charge in [-0.2, -0.15) is 0 Å². The average molecular weight is 307 g/mol. The Kier molecular flexibility index (Phi) is 4.66. The molecule has 6 nitrogen and oxygen atoms in total. The van der Waals surface area contributed by atoms with Gasteiger partial charge in [-0.15, -0.1) is 0 Å². The lowest BCUT2D eigenvalue weighted by molar-refractivity contribution is -0.133. The van der Waals surface area contributed by atoms with Gasteiger partial charge in [-0.3, -0.25) is 0 Å². The van der Waals surface area contributed by atoms with Gasteiger partial charge in [0, 0.05) is 30.0 Å². The Hall–Kier alpha value is -2.25. The first-order chi connectivity index (χ1) is 9.97. The van der Waals surface area contributed by atoms with Gasteiger partial charge in [-0.1, -0.05) is 18.2 Å². The van der Waals surface area contributed by atoms with E-state index in [2.05, 4.69) is 0 Å². The zero-order chi connectivity index (χ0) is 15.4. The van der Waals surface area contributed by atoms with Crippen molar-refractivity contribution in [2.24, 2.45) is 0 Å². The van der Waals surface area contributed by atoms with Crippen molar-refractivity contribution in [2.45, 2.75) is 11.3 Å². The summed E-state index contributed by atoms with van der Waals surface area (Å²) in [5.74, 6) is -2.37. The minimum atomic E-state index is -1.39. The smallest absolute Gasteiger partial charge is 0.333 e. The molecule has 110 valence electrons. The summed E-state index contributed by atoms with van der Waals surface area (Å²) in [7, 11) is 0. The van der Waals surface area contributed by atoms with E-state index >= 15 is 0 Å². The van der Waals surface area contributed by atoms with Crippen LogP contribution in [0.4, 0.5) is 0 Å². The maximum absolute atomic E-state index is 12.2. The number of nitrogens with zero attached hydrogens (tertiary/aromatic N) is 1. The van der Waals surface area contributed by atoms with Crippen molar-refractivity contribution in [3.63, 3.8) is 0 Å². The maximum Gasteiger partial charge on any atom is 0.333 e. The van der Waals surface area contributed by atoms with E-state index in [0.717, 1.165) is 0 Å². The molecule has 21 heavy (non-hydrogen) atoms. The highest BCUT2D eigenvalue weighted by Crippen LogP contribution is 2.21. The molecule has 1 atom stereocenters. The quantitative estimate of drug-likeness (QED) is 0.797. The van der Waals surface area contributed by atoms with Gasteiger partial charge in [0.1, 0.15) is 0 Å². The Bertz CT molecular complexity index is 581. The zero-order valence-corrected chi connectivity index (χ0v) is 11.7. The Labute approximate surface area is 124 Å². The number of benzene rings is 1. The summed E-state index contributed by atoms with van der Waals surface area (Å²) >= 11 is -1.39. The van der Waals surface area contributed by atoms with E-state index in [1.165, 1.54) is 17.3 Å². The summed E-state index contributed by atoms with van der Waals surface area (Å²) in [6.45, 7) is 0. The summed E-state index contributed by atoms with van der Waals surface area (Å²) < 4.78 is 12.2. The van der Waals surface area contributed by atoms with Crippen LogP contribution in [0.2, 0.25) is 0 Å². The molecular formula is C14H13NO5S. The first-order valence-electron chi connectivity index (χ1n) is 6.04. The van der Waals surface area contributed by atoms with Crippen molar-refractivity contribution < 1.29 is 24.4 Å². The summed E-state index contributed by atoms with van der Waals surface area (Å²) in [4.78, 5) is 24.0. The minimum absolute atomic E-state index is 0.00241.